The van der Waals surface area contributed by atoms with Crippen LogP contribution in [0.2, 0.25) is 0 Å². The molecule has 2 N–H and O–H groups in total. The molecule has 1 saturated heterocycles. The van der Waals surface area contributed by atoms with Gasteiger partial charge in [0.1, 0.15) is 5.60 Å². The molecular formula is C16H24N2O2. The average molecular weight is 276 g/mol. The lowest BCUT2D eigenvalue weighted by Gasteiger charge is -2.40. The maximum Gasteiger partial charge on any atom is 0.410 e. The molecule has 4 heteroatoms. The van der Waals surface area contributed by atoms with Gasteiger partial charge in [0.25, 0.3) is 0 Å². The quantitative estimate of drug-likeness (QED) is 0.858. The number of nitrogens with zero attached hydrogens (tertiary/aromatic N) is 1. The largest absolute Gasteiger partial charge is 0.444 e. The highest BCUT2D eigenvalue weighted by Gasteiger charge is 2.36. The van der Waals surface area contributed by atoms with Crippen LogP contribution in [-0.2, 0) is 10.3 Å². The van der Waals surface area contributed by atoms with Crippen LogP contribution in [0.15, 0.2) is 30.3 Å². The number of carbonyl (C=O) groups is 1. The molecule has 1 aliphatic rings. The van der Waals surface area contributed by atoms with Crippen molar-refractivity contribution in [3.8, 4) is 0 Å². The van der Waals surface area contributed by atoms with Crippen LogP contribution in [0.5, 0.6) is 0 Å². The monoisotopic (exact) mass is 276 g/mol. The molecule has 1 unspecified atom stereocenters. The molecule has 4 nitrogen and oxygen atoms in total. The van der Waals surface area contributed by atoms with Crippen molar-refractivity contribution in [3.63, 3.8) is 0 Å². The number of rotatable bonds is 1. The second-order valence-corrected chi connectivity index (χ2v) is 6.53. The summed E-state index contributed by atoms with van der Waals surface area (Å²) in [7, 11) is 0. The smallest absolute Gasteiger partial charge is 0.410 e. The lowest BCUT2D eigenvalue weighted by molar-refractivity contribution is 0.0137. The molecule has 20 heavy (non-hydrogen) atoms. The van der Waals surface area contributed by atoms with Crippen LogP contribution >= 0.6 is 0 Å². The Morgan fingerprint density at radius 2 is 1.95 bits per heavy atom. The number of hydrogen-bond acceptors (Lipinski definition) is 3. The van der Waals surface area contributed by atoms with Gasteiger partial charge in [0.05, 0.1) is 5.54 Å². The minimum atomic E-state index is -0.476. The second kappa shape index (κ2) is 5.44. The summed E-state index contributed by atoms with van der Waals surface area (Å²) in [5.74, 6) is 0. The van der Waals surface area contributed by atoms with Crippen LogP contribution in [0.4, 0.5) is 4.79 Å². The Kier molecular flexibility index (Phi) is 4.04. The Hall–Kier alpha value is -1.55. The number of likely N-dealkylation sites (tertiary alicyclic amines) is 1. The molecule has 1 fully saturated rings. The SMILES string of the molecule is CC(C)(C)OC(=O)N1CCCC(N)(c2ccccc2)C1. The summed E-state index contributed by atoms with van der Waals surface area (Å²) in [6.45, 7) is 6.85. The summed E-state index contributed by atoms with van der Waals surface area (Å²) in [5.41, 5.74) is 6.65. The first-order chi connectivity index (χ1) is 9.30. The number of amides is 1. The van der Waals surface area contributed by atoms with E-state index in [2.05, 4.69) is 0 Å². The van der Waals surface area contributed by atoms with Crippen molar-refractivity contribution in [2.24, 2.45) is 5.73 Å². The van der Waals surface area contributed by atoms with Crippen molar-refractivity contribution in [1.82, 2.24) is 4.90 Å². The number of carbonyl (C=O) groups excluding carboxylic acids is 1. The van der Waals surface area contributed by atoms with E-state index in [1.165, 1.54) is 0 Å². The van der Waals surface area contributed by atoms with Crippen molar-refractivity contribution in [2.75, 3.05) is 13.1 Å². The molecule has 2 rings (SSSR count). The number of nitrogens with two attached hydrogens (primary N) is 1. The van der Waals surface area contributed by atoms with Crippen LogP contribution < -0.4 is 5.73 Å². The van der Waals surface area contributed by atoms with Crippen molar-refractivity contribution in [1.29, 1.82) is 0 Å². The maximum absolute atomic E-state index is 12.2. The lowest BCUT2D eigenvalue weighted by Crippen LogP contribution is -2.54. The van der Waals surface area contributed by atoms with Gasteiger partial charge < -0.3 is 15.4 Å². The van der Waals surface area contributed by atoms with Gasteiger partial charge in [0.2, 0.25) is 0 Å². The Balaban J connectivity index is 2.11. The maximum atomic E-state index is 12.2. The first-order valence-corrected chi connectivity index (χ1v) is 7.12. The lowest BCUT2D eigenvalue weighted by atomic mass is 9.83. The first kappa shape index (κ1) is 14.9. The molecule has 0 aliphatic carbocycles. The van der Waals surface area contributed by atoms with Crippen LogP contribution in [0, 0.1) is 0 Å². The highest BCUT2D eigenvalue weighted by Crippen LogP contribution is 2.29. The van der Waals surface area contributed by atoms with E-state index in [-0.39, 0.29) is 6.09 Å². The molecular weight excluding hydrogens is 252 g/mol. The second-order valence-electron chi connectivity index (χ2n) is 6.53. The average Bonchev–Trinajstić information content (AvgIpc) is 2.38. The van der Waals surface area contributed by atoms with Gasteiger partial charge in [-0.15, -0.1) is 0 Å². The molecule has 0 aromatic heterocycles. The van der Waals surface area contributed by atoms with Gasteiger partial charge in [-0.2, -0.15) is 0 Å². The minimum Gasteiger partial charge on any atom is -0.444 e. The van der Waals surface area contributed by atoms with E-state index < -0.39 is 11.1 Å². The van der Waals surface area contributed by atoms with Gasteiger partial charge in [-0.1, -0.05) is 30.3 Å². The summed E-state index contributed by atoms with van der Waals surface area (Å²) in [5, 5.41) is 0. The van der Waals surface area contributed by atoms with E-state index in [4.69, 9.17) is 10.5 Å². The number of piperidine rings is 1. The Bertz CT molecular complexity index is 467. The predicted octanol–water partition coefficient (Wildman–Crippen LogP) is 2.87. The summed E-state index contributed by atoms with van der Waals surface area (Å²) in [4.78, 5) is 13.9. The molecule has 1 atom stereocenters. The molecule has 0 bridgehead atoms. The van der Waals surface area contributed by atoms with E-state index in [1.54, 1.807) is 4.90 Å². The highest BCUT2D eigenvalue weighted by molar-refractivity contribution is 5.68. The van der Waals surface area contributed by atoms with Crippen molar-refractivity contribution in [3.05, 3.63) is 35.9 Å². The van der Waals surface area contributed by atoms with Crippen molar-refractivity contribution < 1.29 is 9.53 Å². The minimum absolute atomic E-state index is 0.275. The zero-order chi connectivity index (χ0) is 14.8. The molecule has 0 spiro atoms. The highest BCUT2D eigenvalue weighted by atomic mass is 16.6. The third-order valence-electron chi connectivity index (χ3n) is 3.52. The molecule has 1 aromatic carbocycles. The van der Waals surface area contributed by atoms with Crippen LogP contribution in [0.25, 0.3) is 0 Å². The summed E-state index contributed by atoms with van der Waals surface area (Å²) >= 11 is 0. The van der Waals surface area contributed by atoms with Gasteiger partial charge in [-0.05, 0) is 39.2 Å². The predicted molar refractivity (Wildman–Crippen MR) is 79.3 cm³/mol. The number of ether oxygens (including phenoxy) is 1. The number of hydrogen-bond donors (Lipinski definition) is 1. The van der Waals surface area contributed by atoms with Gasteiger partial charge >= 0.3 is 6.09 Å². The molecule has 110 valence electrons. The van der Waals surface area contributed by atoms with Crippen LogP contribution in [0.3, 0.4) is 0 Å². The summed E-state index contributed by atoms with van der Waals surface area (Å²) in [6.07, 6.45) is 1.50. The van der Waals surface area contributed by atoms with E-state index in [1.807, 2.05) is 51.1 Å². The normalized spacial score (nSPS) is 23.5. The van der Waals surface area contributed by atoms with Gasteiger partial charge in [-0.3, -0.25) is 0 Å². The van der Waals surface area contributed by atoms with Crippen LogP contribution in [0.1, 0.15) is 39.2 Å². The molecule has 1 amide bonds. The zero-order valence-corrected chi connectivity index (χ0v) is 12.6. The topological polar surface area (TPSA) is 55.6 Å². The van der Waals surface area contributed by atoms with Gasteiger partial charge in [0.15, 0.2) is 0 Å². The van der Waals surface area contributed by atoms with E-state index >= 15 is 0 Å². The molecule has 0 saturated carbocycles. The molecule has 1 aromatic rings. The zero-order valence-electron chi connectivity index (χ0n) is 12.6. The Morgan fingerprint density at radius 1 is 1.30 bits per heavy atom. The van der Waals surface area contributed by atoms with Crippen molar-refractivity contribution in [2.45, 2.75) is 44.8 Å². The standard InChI is InChI=1S/C16H24N2O2/c1-15(2,3)20-14(19)18-11-7-10-16(17,12-18)13-8-5-4-6-9-13/h4-6,8-9H,7,10-12,17H2,1-3H3. The van der Waals surface area contributed by atoms with E-state index in [0.29, 0.717) is 13.1 Å². The fourth-order valence-corrected chi connectivity index (χ4v) is 2.57. The fourth-order valence-electron chi connectivity index (χ4n) is 2.57. The first-order valence-electron chi connectivity index (χ1n) is 7.12. The third-order valence-corrected chi connectivity index (χ3v) is 3.52. The van der Waals surface area contributed by atoms with Gasteiger partial charge in [-0.25, -0.2) is 4.79 Å². The van der Waals surface area contributed by atoms with E-state index in [0.717, 1.165) is 18.4 Å². The Labute approximate surface area is 120 Å². The van der Waals surface area contributed by atoms with Crippen LogP contribution in [-0.4, -0.2) is 29.7 Å². The summed E-state index contributed by atoms with van der Waals surface area (Å²) < 4.78 is 5.44. The molecule has 1 heterocycles. The third kappa shape index (κ3) is 3.51. The molecule has 1 aliphatic heterocycles. The van der Waals surface area contributed by atoms with Crippen molar-refractivity contribution >= 4 is 6.09 Å². The fraction of sp³-hybridized carbons (Fsp3) is 0.562. The summed E-state index contributed by atoms with van der Waals surface area (Å²) in [6, 6.07) is 9.99. The Morgan fingerprint density at radius 3 is 2.55 bits per heavy atom. The molecule has 0 radical (unpaired) electrons. The van der Waals surface area contributed by atoms with E-state index in [9.17, 15) is 4.79 Å². The van der Waals surface area contributed by atoms with Gasteiger partial charge in [0, 0.05) is 13.1 Å². The number of benzene rings is 1.